The molecule has 4 N–H and O–H groups in total. The van der Waals surface area contributed by atoms with Gasteiger partial charge in [-0.15, -0.1) is 0 Å². The highest BCUT2D eigenvalue weighted by Crippen LogP contribution is 2.34. The number of rotatable bonds is 8. The Kier molecular flexibility index (Phi) is 10.1. The normalized spacial score (nSPS) is 13.2. The van der Waals surface area contributed by atoms with E-state index in [0.29, 0.717) is 11.3 Å². The second-order valence-corrected chi connectivity index (χ2v) is 12.3. The van der Waals surface area contributed by atoms with Gasteiger partial charge in [-0.3, -0.25) is 14.4 Å². The molecule has 9 nitrogen and oxygen atoms in total. The zero-order valence-electron chi connectivity index (χ0n) is 25.4. The van der Waals surface area contributed by atoms with Crippen LogP contribution in [0.2, 0.25) is 0 Å². The van der Waals surface area contributed by atoms with Gasteiger partial charge in [0.1, 0.15) is 17.7 Å². The first-order valence-electron chi connectivity index (χ1n) is 13.4. The van der Waals surface area contributed by atoms with Crippen LogP contribution in [0.1, 0.15) is 81.8 Å². The van der Waals surface area contributed by atoms with E-state index in [0.717, 1.165) is 22.3 Å². The van der Waals surface area contributed by atoms with Gasteiger partial charge in [0.05, 0.1) is 6.42 Å². The highest BCUT2D eigenvalue weighted by molar-refractivity contribution is 6.01. The fourth-order valence-electron chi connectivity index (χ4n) is 4.60. The van der Waals surface area contributed by atoms with Gasteiger partial charge in [-0.25, -0.2) is 4.79 Å². The van der Waals surface area contributed by atoms with Crippen molar-refractivity contribution in [2.24, 2.45) is 5.73 Å². The molecule has 0 aliphatic rings. The summed E-state index contributed by atoms with van der Waals surface area (Å²) < 4.78 is 5.34. The predicted octanol–water partition coefficient (Wildman–Crippen LogP) is 5.00. The van der Waals surface area contributed by atoms with Crippen molar-refractivity contribution in [1.82, 2.24) is 10.2 Å². The Balaban J connectivity index is 2.69. The molecule has 218 valence electrons. The van der Waals surface area contributed by atoms with Crippen molar-refractivity contribution in [3.8, 4) is 0 Å². The monoisotopic (exact) mass is 552 g/mol. The molecule has 0 aliphatic carbocycles. The smallest absolute Gasteiger partial charge is 0.408 e. The van der Waals surface area contributed by atoms with Crippen molar-refractivity contribution in [2.75, 3.05) is 5.32 Å². The standard InChI is InChI=1S/C31H44N4O5/c1-18-14-15-22(21(4)16-18)26(27(37)34-25-19(2)12-11-13-20(25)3)35(30(5,6)7)28(38)23(17-24(32)36)33-29(39)40-31(8,9)10/h11-16,23,26H,17H2,1-10H3,(H2,32,36)(H,33,39)(H,34,37). The summed E-state index contributed by atoms with van der Waals surface area (Å²) in [6, 6.07) is 8.91. The molecule has 2 rings (SSSR count). The minimum absolute atomic E-state index is 0.428. The molecular formula is C31H44N4O5. The van der Waals surface area contributed by atoms with E-state index >= 15 is 0 Å². The summed E-state index contributed by atoms with van der Waals surface area (Å²) in [5, 5.41) is 5.55. The molecule has 0 saturated carbocycles. The number of primary amides is 1. The summed E-state index contributed by atoms with van der Waals surface area (Å²) in [5.74, 6) is -1.85. The van der Waals surface area contributed by atoms with Crippen molar-refractivity contribution in [2.45, 2.75) is 98.9 Å². The van der Waals surface area contributed by atoms with Gasteiger partial charge in [-0.1, -0.05) is 42.0 Å². The minimum atomic E-state index is -1.35. The molecule has 2 aromatic rings. The molecule has 2 unspecified atom stereocenters. The molecule has 4 amide bonds. The van der Waals surface area contributed by atoms with Gasteiger partial charge in [0.25, 0.3) is 5.91 Å². The number of amides is 4. The molecule has 2 aromatic carbocycles. The van der Waals surface area contributed by atoms with Gasteiger partial charge >= 0.3 is 6.09 Å². The van der Waals surface area contributed by atoms with Gasteiger partial charge in [0, 0.05) is 11.2 Å². The molecular weight excluding hydrogens is 508 g/mol. The van der Waals surface area contributed by atoms with E-state index in [1.54, 1.807) is 41.5 Å². The van der Waals surface area contributed by atoms with Gasteiger partial charge in [-0.05, 0) is 91.5 Å². The molecule has 40 heavy (non-hydrogen) atoms. The Labute approximate surface area is 237 Å². The lowest BCUT2D eigenvalue weighted by molar-refractivity contribution is -0.147. The Morgan fingerprint density at radius 1 is 0.900 bits per heavy atom. The summed E-state index contributed by atoms with van der Waals surface area (Å²) in [4.78, 5) is 54.6. The van der Waals surface area contributed by atoms with Crippen LogP contribution in [0.5, 0.6) is 0 Å². The Morgan fingerprint density at radius 2 is 1.48 bits per heavy atom. The molecule has 0 radical (unpaired) electrons. The molecule has 0 bridgehead atoms. The average Bonchev–Trinajstić information content (AvgIpc) is 2.77. The molecule has 0 spiro atoms. The Morgan fingerprint density at radius 3 is 1.95 bits per heavy atom. The van der Waals surface area contributed by atoms with Crippen molar-refractivity contribution in [3.63, 3.8) is 0 Å². The molecule has 0 aliphatic heterocycles. The van der Waals surface area contributed by atoms with Gasteiger partial charge in [0.15, 0.2) is 0 Å². The molecule has 0 fully saturated rings. The summed E-state index contributed by atoms with van der Waals surface area (Å²) in [6.07, 6.45) is -1.34. The second kappa shape index (κ2) is 12.5. The number of hydrogen-bond donors (Lipinski definition) is 3. The lowest BCUT2D eigenvalue weighted by Gasteiger charge is -2.43. The fraction of sp³-hybridized carbons (Fsp3) is 0.484. The maximum atomic E-state index is 14.3. The zero-order chi connectivity index (χ0) is 30.6. The number of nitrogens with zero attached hydrogens (tertiary/aromatic N) is 1. The summed E-state index contributed by atoms with van der Waals surface area (Å²) >= 11 is 0. The van der Waals surface area contributed by atoms with Gasteiger partial charge < -0.3 is 26.0 Å². The predicted molar refractivity (Wildman–Crippen MR) is 157 cm³/mol. The van der Waals surface area contributed by atoms with E-state index in [2.05, 4.69) is 10.6 Å². The molecule has 0 aromatic heterocycles. The SMILES string of the molecule is Cc1ccc(C(C(=O)Nc2c(C)cccc2C)N(C(=O)C(CC(N)=O)NC(=O)OC(C)(C)C)C(C)(C)C)c(C)c1. The minimum Gasteiger partial charge on any atom is -0.444 e. The first-order valence-corrected chi connectivity index (χ1v) is 13.4. The van der Waals surface area contributed by atoms with Crippen LogP contribution in [-0.2, 0) is 19.1 Å². The van der Waals surface area contributed by atoms with Crippen LogP contribution in [0.4, 0.5) is 10.5 Å². The first kappa shape index (κ1) is 32.3. The van der Waals surface area contributed by atoms with Crippen LogP contribution < -0.4 is 16.4 Å². The number of ether oxygens (including phenoxy) is 1. The number of carbonyl (C=O) groups is 4. The van der Waals surface area contributed by atoms with E-state index in [9.17, 15) is 19.2 Å². The van der Waals surface area contributed by atoms with E-state index in [-0.39, 0.29) is 0 Å². The van der Waals surface area contributed by atoms with Crippen molar-refractivity contribution < 1.29 is 23.9 Å². The van der Waals surface area contributed by atoms with E-state index < -0.39 is 53.5 Å². The van der Waals surface area contributed by atoms with Crippen molar-refractivity contribution in [1.29, 1.82) is 0 Å². The van der Waals surface area contributed by atoms with Crippen LogP contribution in [0, 0.1) is 27.7 Å². The fourth-order valence-corrected chi connectivity index (χ4v) is 4.60. The maximum absolute atomic E-state index is 14.3. The van der Waals surface area contributed by atoms with Crippen LogP contribution >= 0.6 is 0 Å². The first-order chi connectivity index (χ1) is 18.3. The largest absolute Gasteiger partial charge is 0.444 e. The topological polar surface area (TPSA) is 131 Å². The summed E-state index contributed by atoms with van der Waals surface area (Å²) in [7, 11) is 0. The number of anilines is 1. The number of para-hydroxylation sites is 1. The quantitative estimate of drug-likeness (QED) is 0.424. The number of nitrogens with two attached hydrogens (primary N) is 1. The molecule has 0 heterocycles. The van der Waals surface area contributed by atoms with Crippen LogP contribution in [0.25, 0.3) is 0 Å². The number of aryl methyl sites for hydroxylation is 4. The third kappa shape index (κ3) is 8.56. The van der Waals surface area contributed by atoms with Crippen LogP contribution in [0.15, 0.2) is 36.4 Å². The summed E-state index contributed by atoms with van der Waals surface area (Å²) in [6.45, 7) is 18.1. The highest BCUT2D eigenvalue weighted by Gasteiger charge is 2.43. The van der Waals surface area contributed by atoms with Crippen LogP contribution in [0.3, 0.4) is 0 Å². The third-order valence-electron chi connectivity index (χ3n) is 6.31. The summed E-state index contributed by atoms with van der Waals surface area (Å²) in [5.41, 5.74) is 8.58. The molecule has 0 saturated heterocycles. The van der Waals surface area contributed by atoms with Gasteiger partial charge in [-0.2, -0.15) is 0 Å². The maximum Gasteiger partial charge on any atom is 0.408 e. The number of carbonyl (C=O) groups excluding carboxylic acids is 4. The molecule has 2 atom stereocenters. The Bertz CT molecular complexity index is 1250. The number of alkyl carbamates (subject to hydrolysis) is 1. The second-order valence-electron chi connectivity index (χ2n) is 12.3. The van der Waals surface area contributed by atoms with Crippen molar-refractivity contribution in [3.05, 3.63) is 64.2 Å². The zero-order valence-corrected chi connectivity index (χ0v) is 25.4. The number of benzene rings is 2. The van der Waals surface area contributed by atoms with E-state index in [1.165, 1.54) is 4.90 Å². The van der Waals surface area contributed by atoms with E-state index in [4.69, 9.17) is 10.5 Å². The lowest BCUT2D eigenvalue weighted by Crippen LogP contribution is -2.58. The number of hydrogen-bond acceptors (Lipinski definition) is 5. The van der Waals surface area contributed by atoms with Gasteiger partial charge in [0.2, 0.25) is 11.8 Å². The average molecular weight is 553 g/mol. The highest BCUT2D eigenvalue weighted by atomic mass is 16.6. The third-order valence-corrected chi connectivity index (χ3v) is 6.31. The van der Waals surface area contributed by atoms with Crippen LogP contribution in [-0.4, -0.2) is 45.9 Å². The van der Waals surface area contributed by atoms with Crippen molar-refractivity contribution >= 4 is 29.5 Å². The number of nitrogens with one attached hydrogen (secondary N) is 2. The van der Waals surface area contributed by atoms with E-state index in [1.807, 2.05) is 64.1 Å². The lowest BCUT2D eigenvalue weighted by atomic mass is 9.91. The Hall–Kier alpha value is -3.88. The molecule has 9 heteroatoms.